The predicted molar refractivity (Wildman–Crippen MR) is 105 cm³/mol. The molecule has 4 aromatic rings. The van der Waals surface area contributed by atoms with Gasteiger partial charge in [-0.3, -0.25) is 4.98 Å². The predicted octanol–water partition coefficient (Wildman–Crippen LogP) is 4.11. The van der Waals surface area contributed by atoms with Crippen LogP contribution in [0.25, 0.3) is 22.4 Å². The van der Waals surface area contributed by atoms with Crippen LogP contribution < -0.4 is 4.74 Å². The average molecular weight is 362 g/mol. The number of pyridine rings is 1. The summed E-state index contributed by atoms with van der Waals surface area (Å²) in [5.74, 6) is 4.82. The van der Waals surface area contributed by atoms with Crippen LogP contribution in [-0.4, -0.2) is 14.5 Å². The lowest BCUT2D eigenvalue weighted by molar-refractivity contribution is 0.489. The minimum Gasteiger partial charge on any atom is -0.407 e. The highest BCUT2D eigenvalue weighted by molar-refractivity contribution is 5.80. The summed E-state index contributed by atoms with van der Waals surface area (Å²) in [5, 5.41) is 9.07. The van der Waals surface area contributed by atoms with Gasteiger partial charge in [-0.1, -0.05) is 18.2 Å². The van der Waals surface area contributed by atoms with Gasteiger partial charge in [0, 0.05) is 23.9 Å². The largest absolute Gasteiger partial charge is 0.407 e. The molecule has 2 aromatic heterocycles. The zero-order valence-electron chi connectivity index (χ0n) is 14.8. The quantitative estimate of drug-likeness (QED) is 0.515. The molecule has 0 spiro atoms. The molecule has 0 saturated carbocycles. The normalized spacial score (nSPS) is 14.5. The first-order chi connectivity index (χ1) is 13.8. The number of hydrogen-bond acceptors (Lipinski definition) is 4. The van der Waals surface area contributed by atoms with Gasteiger partial charge in [0.25, 0.3) is 0 Å². The van der Waals surface area contributed by atoms with Crippen LogP contribution in [0.3, 0.4) is 0 Å². The fourth-order valence-corrected chi connectivity index (χ4v) is 3.50. The molecule has 1 atom stereocenters. The molecule has 3 heterocycles. The third-order valence-electron chi connectivity index (χ3n) is 4.88. The van der Waals surface area contributed by atoms with Gasteiger partial charge in [0.15, 0.2) is 0 Å². The molecular weight excluding hydrogens is 348 g/mol. The smallest absolute Gasteiger partial charge is 0.144 e. The third kappa shape index (κ3) is 2.67. The first-order valence-electron chi connectivity index (χ1n) is 8.90. The molecule has 1 aliphatic rings. The highest BCUT2D eigenvalue weighted by Gasteiger charge is 2.21. The lowest BCUT2D eigenvalue weighted by atomic mass is 9.97. The van der Waals surface area contributed by atoms with Crippen LogP contribution in [0.4, 0.5) is 0 Å². The Morgan fingerprint density at radius 1 is 1.11 bits per heavy atom. The standard InChI is InChI=1S/C23H14N4O/c24-13-16-5-7-17(8-6-16)23-26-20-14-25-11-9-21(20)27(23)15-18-10-12-28-22-4-2-1-3-19(18)22/h1-9,11,14,18H,15H2. The fourth-order valence-electron chi connectivity index (χ4n) is 3.50. The van der Waals surface area contributed by atoms with E-state index in [-0.39, 0.29) is 5.92 Å². The summed E-state index contributed by atoms with van der Waals surface area (Å²) >= 11 is 0. The number of ether oxygens (including phenoxy) is 1. The second-order valence-corrected chi connectivity index (χ2v) is 6.54. The zero-order valence-corrected chi connectivity index (χ0v) is 14.8. The first-order valence-corrected chi connectivity index (χ1v) is 8.90. The van der Waals surface area contributed by atoms with E-state index in [1.807, 2.05) is 36.4 Å². The lowest BCUT2D eigenvalue weighted by Gasteiger charge is -2.19. The van der Waals surface area contributed by atoms with Gasteiger partial charge in [-0.15, -0.1) is 0 Å². The van der Waals surface area contributed by atoms with Gasteiger partial charge in [0.1, 0.15) is 23.2 Å². The molecule has 1 unspecified atom stereocenters. The van der Waals surface area contributed by atoms with Gasteiger partial charge in [0.2, 0.25) is 0 Å². The average Bonchev–Trinajstić information content (AvgIpc) is 3.12. The molecule has 2 aromatic carbocycles. The Balaban J connectivity index is 1.64. The van der Waals surface area contributed by atoms with Crippen molar-refractivity contribution in [2.75, 3.05) is 0 Å². The number of hydrogen-bond donors (Lipinski definition) is 0. The van der Waals surface area contributed by atoms with E-state index in [9.17, 15) is 0 Å². The Kier molecular flexibility index (Phi) is 3.78. The maximum absolute atomic E-state index is 9.07. The monoisotopic (exact) mass is 362 g/mol. The van der Waals surface area contributed by atoms with Crippen LogP contribution in [0.1, 0.15) is 17.0 Å². The summed E-state index contributed by atoms with van der Waals surface area (Å²) in [5.41, 5.74) is 4.47. The van der Waals surface area contributed by atoms with Gasteiger partial charge >= 0.3 is 0 Å². The Morgan fingerprint density at radius 2 is 1.96 bits per heavy atom. The molecule has 132 valence electrons. The maximum atomic E-state index is 9.07. The Hall–Kier alpha value is -4.09. The summed E-state index contributed by atoms with van der Waals surface area (Å²) in [6.07, 6.45) is 6.33. The Morgan fingerprint density at radius 3 is 2.82 bits per heavy atom. The van der Waals surface area contributed by atoms with Crippen LogP contribution in [0.5, 0.6) is 5.75 Å². The highest BCUT2D eigenvalue weighted by Crippen LogP contribution is 2.33. The van der Waals surface area contributed by atoms with Crippen molar-refractivity contribution >= 4 is 11.0 Å². The lowest BCUT2D eigenvalue weighted by Crippen LogP contribution is -2.12. The molecule has 5 rings (SSSR count). The molecule has 0 saturated heterocycles. The van der Waals surface area contributed by atoms with E-state index in [1.165, 1.54) is 0 Å². The number of fused-ring (bicyclic) bond motifs is 2. The molecule has 0 amide bonds. The molecule has 0 radical (unpaired) electrons. The van der Waals surface area contributed by atoms with Crippen LogP contribution in [-0.2, 0) is 6.54 Å². The van der Waals surface area contributed by atoms with Crippen LogP contribution in [0.15, 0.2) is 67.0 Å². The minimum atomic E-state index is -0.00681. The second-order valence-electron chi connectivity index (χ2n) is 6.54. The molecule has 0 N–H and O–H groups in total. The number of nitrogens with zero attached hydrogens (tertiary/aromatic N) is 4. The topological polar surface area (TPSA) is 63.7 Å². The summed E-state index contributed by atoms with van der Waals surface area (Å²) in [6.45, 7) is 0.642. The van der Waals surface area contributed by atoms with Crippen molar-refractivity contribution in [3.63, 3.8) is 0 Å². The number of para-hydroxylation sites is 1. The molecule has 0 aliphatic carbocycles. The molecule has 28 heavy (non-hydrogen) atoms. The third-order valence-corrected chi connectivity index (χ3v) is 4.88. The van der Waals surface area contributed by atoms with E-state index in [0.29, 0.717) is 12.1 Å². The van der Waals surface area contributed by atoms with Crippen molar-refractivity contribution in [1.82, 2.24) is 14.5 Å². The molecule has 1 aliphatic heterocycles. The molecule has 0 fully saturated rings. The summed E-state index contributed by atoms with van der Waals surface area (Å²) in [7, 11) is 0. The SMILES string of the molecule is N#Cc1ccc(-c2nc3cnccc3n2CC2C#COc3ccccc32)cc1. The van der Waals surface area contributed by atoms with Gasteiger partial charge < -0.3 is 9.30 Å². The van der Waals surface area contributed by atoms with E-state index in [2.05, 4.69) is 33.7 Å². The number of benzene rings is 2. The molecule has 0 bridgehead atoms. The van der Waals surface area contributed by atoms with E-state index in [4.69, 9.17) is 15.0 Å². The first kappa shape index (κ1) is 16.1. The molecule has 5 heteroatoms. The number of rotatable bonds is 3. The van der Waals surface area contributed by atoms with Gasteiger partial charge in [-0.05, 0) is 42.3 Å². The molecule has 5 nitrogen and oxygen atoms in total. The van der Waals surface area contributed by atoms with Gasteiger partial charge in [-0.2, -0.15) is 5.26 Å². The zero-order chi connectivity index (χ0) is 18.9. The van der Waals surface area contributed by atoms with Crippen molar-refractivity contribution in [2.45, 2.75) is 12.5 Å². The fraction of sp³-hybridized carbons (Fsp3) is 0.0870. The van der Waals surface area contributed by atoms with E-state index in [0.717, 1.165) is 33.7 Å². The van der Waals surface area contributed by atoms with Gasteiger partial charge in [-0.25, -0.2) is 4.98 Å². The van der Waals surface area contributed by atoms with Crippen molar-refractivity contribution < 1.29 is 4.74 Å². The minimum absolute atomic E-state index is 0.00681. The number of nitriles is 1. The van der Waals surface area contributed by atoms with E-state index >= 15 is 0 Å². The Labute approximate surface area is 161 Å². The van der Waals surface area contributed by atoms with Crippen LogP contribution >= 0.6 is 0 Å². The second kappa shape index (κ2) is 6.57. The van der Waals surface area contributed by atoms with Crippen molar-refractivity contribution in [3.05, 3.63) is 78.1 Å². The summed E-state index contributed by atoms with van der Waals surface area (Å²) in [4.78, 5) is 9.00. The summed E-state index contributed by atoms with van der Waals surface area (Å²) in [6, 6.07) is 19.5. The molecular formula is C23H14N4O. The Bertz CT molecular complexity index is 1290. The highest BCUT2D eigenvalue weighted by atomic mass is 16.5. The number of imidazole rings is 1. The maximum Gasteiger partial charge on any atom is 0.144 e. The van der Waals surface area contributed by atoms with Crippen LogP contribution in [0.2, 0.25) is 0 Å². The van der Waals surface area contributed by atoms with E-state index in [1.54, 1.807) is 24.5 Å². The van der Waals surface area contributed by atoms with Crippen molar-refractivity contribution in [3.8, 4) is 35.2 Å². The van der Waals surface area contributed by atoms with Crippen molar-refractivity contribution in [1.29, 1.82) is 5.26 Å². The van der Waals surface area contributed by atoms with Gasteiger partial charge in [0.05, 0.1) is 29.3 Å². The van der Waals surface area contributed by atoms with E-state index < -0.39 is 0 Å². The van der Waals surface area contributed by atoms with Crippen molar-refractivity contribution in [2.24, 2.45) is 0 Å². The van der Waals surface area contributed by atoms with Crippen LogP contribution in [0, 0.1) is 23.4 Å². The summed E-state index contributed by atoms with van der Waals surface area (Å²) < 4.78 is 7.64. The number of aromatic nitrogens is 3.